The molecule has 0 radical (unpaired) electrons. The Hall–Kier alpha value is -2.17. The van der Waals surface area contributed by atoms with Crippen LogP contribution in [0, 0.1) is 11.8 Å². The van der Waals surface area contributed by atoms with Gasteiger partial charge in [-0.1, -0.05) is 31.6 Å². The lowest BCUT2D eigenvalue weighted by molar-refractivity contribution is 0.354. The van der Waals surface area contributed by atoms with Gasteiger partial charge in [0.25, 0.3) is 0 Å². The van der Waals surface area contributed by atoms with Crippen molar-refractivity contribution in [1.29, 1.82) is 0 Å². The number of nitrogens with zero attached hydrogens (tertiary/aromatic N) is 2. The highest BCUT2D eigenvalue weighted by Crippen LogP contribution is 2.32. The molecule has 154 valence electrons. The molecule has 7 heteroatoms. The molecule has 28 heavy (non-hydrogen) atoms. The van der Waals surface area contributed by atoms with Crippen molar-refractivity contribution in [3.05, 3.63) is 29.7 Å². The molecule has 1 aromatic rings. The summed E-state index contributed by atoms with van der Waals surface area (Å²) in [4.78, 5) is 2.14. The van der Waals surface area contributed by atoms with Crippen molar-refractivity contribution in [2.24, 2.45) is 0 Å². The van der Waals surface area contributed by atoms with Gasteiger partial charge >= 0.3 is 0 Å². The largest absolute Gasteiger partial charge is 0.493 e. The minimum Gasteiger partial charge on any atom is -0.493 e. The number of rotatable bonds is 8. The van der Waals surface area contributed by atoms with Gasteiger partial charge in [-0.25, -0.2) is 8.42 Å². The first-order valence-electron chi connectivity index (χ1n) is 9.64. The van der Waals surface area contributed by atoms with E-state index in [4.69, 9.17) is 9.47 Å². The minimum atomic E-state index is -3.43. The van der Waals surface area contributed by atoms with E-state index in [1.165, 1.54) is 15.8 Å². The number of hydrogen-bond donors (Lipinski definition) is 0. The zero-order chi connectivity index (χ0) is 20.4. The molecule has 0 N–H and O–H groups in total. The second kappa shape index (κ2) is 11.0. The fourth-order valence-corrected chi connectivity index (χ4v) is 4.11. The Bertz CT molecular complexity index is 817. The van der Waals surface area contributed by atoms with Crippen LogP contribution in [0.1, 0.15) is 32.6 Å². The lowest BCUT2D eigenvalue weighted by Gasteiger charge is -2.35. The molecule has 0 saturated carbocycles. The van der Waals surface area contributed by atoms with Gasteiger partial charge in [-0.3, -0.25) is 0 Å². The highest BCUT2D eigenvalue weighted by atomic mass is 32.2. The molecule has 0 atom stereocenters. The minimum absolute atomic E-state index is 0.435. The van der Waals surface area contributed by atoms with Crippen LogP contribution in [0.15, 0.2) is 29.7 Å². The number of anilines is 1. The van der Waals surface area contributed by atoms with E-state index in [-0.39, 0.29) is 0 Å². The van der Waals surface area contributed by atoms with Gasteiger partial charge in [0.2, 0.25) is 10.0 Å². The molecular formula is C21H30N2O4S. The predicted octanol–water partition coefficient (Wildman–Crippen LogP) is 3.25. The van der Waals surface area contributed by atoms with Gasteiger partial charge in [-0.2, -0.15) is 4.31 Å². The number of benzene rings is 1. The van der Waals surface area contributed by atoms with E-state index < -0.39 is 10.0 Å². The number of methoxy groups -OCH3 is 2. The number of unbranched alkanes of at least 4 members (excludes halogenated alkanes) is 3. The van der Waals surface area contributed by atoms with Crippen LogP contribution < -0.4 is 14.4 Å². The van der Waals surface area contributed by atoms with Crippen molar-refractivity contribution in [3.63, 3.8) is 0 Å². The normalized spacial score (nSPS) is 15.3. The van der Waals surface area contributed by atoms with E-state index in [9.17, 15) is 8.42 Å². The van der Waals surface area contributed by atoms with Crippen molar-refractivity contribution in [3.8, 4) is 23.3 Å². The first kappa shape index (κ1) is 22.1. The summed E-state index contributed by atoms with van der Waals surface area (Å²) in [6.07, 6.45) is 5.62. The first-order chi connectivity index (χ1) is 13.5. The zero-order valence-corrected chi connectivity index (χ0v) is 17.8. The van der Waals surface area contributed by atoms with Crippen molar-refractivity contribution in [2.45, 2.75) is 32.6 Å². The summed E-state index contributed by atoms with van der Waals surface area (Å²) in [6, 6.07) is 5.73. The molecule has 0 bridgehead atoms. The molecule has 6 nitrogen and oxygen atoms in total. The average molecular weight is 407 g/mol. The lowest BCUT2D eigenvalue weighted by Crippen LogP contribution is -2.48. The average Bonchev–Trinajstić information content (AvgIpc) is 2.72. The van der Waals surface area contributed by atoms with Crippen LogP contribution in [0.4, 0.5) is 5.69 Å². The molecule has 1 aliphatic rings. The Labute approximate surface area is 169 Å². The molecule has 0 amide bonds. The molecule has 1 saturated heterocycles. The molecular weight excluding hydrogens is 376 g/mol. The van der Waals surface area contributed by atoms with Gasteiger partial charge in [-0.05, 0) is 18.6 Å². The first-order valence-corrected chi connectivity index (χ1v) is 11.1. The maximum Gasteiger partial charge on any atom is 0.236 e. The van der Waals surface area contributed by atoms with E-state index in [1.54, 1.807) is 14.2 Å². The fraction of sp³-hybridized carbons (Fsp3) is 0.524. The molecule has 0 aliphatic carbocycles. The summed E-state index contributed by atoms with van der Waals surface area (Å²) in [6.45, 7) is 4.25. The summed E-state index contributed by atoms with van der Waals surface area (Å²) >= 11 is 0. The Kier molecular flexibility index (Phi) is 8.68. The maximum absolute atomic E-state index is 12.5. The number of sulfonamides is 1. The van der Waals surface area contributed by atoms with Crippen LogP contribution >= 0.6 is 0 Å². The third kappa shape index (κ3) is 6.18. The highest BCUT2D eigenvalue weighted by molar-refractivity contribution is 7.92. The quantitative estimate of drug-likeness (QED) is 0.490. The van der Waals surface area contributed by atoms with Crippen molar-refractivity contribution in [1.82, 2.24) is 4.31 Å². The van der Waals surface area contributed by atoms with Crippen LogP contribution in [-0.2, 0) is 10.0 Å². The van der Waals surface area contributed by atoms with Crippen LogP contribution in [-0.4, -0.2) is 53.1 Å². The number of allylic oxidation sites excluding steroid dienone is 1. The lowest BCUT2D eigenvalue weighted by atomic mass is 10.2. The fourth-order valence-electron chi connectivity index (χ4n) is 3.02. The van der Waals surface area contributed by atoms with Crippen LogP contribution in [0.3, 0.4) is 0 Å². The van der Waals surface area contributed by atoms with Crippen molar-refractivity contribution >= 4 is 15.7 Å². The Balaban J connectivity index is 1.92. The van der Waals surface area contributed by atoms with E-state index in [0.29, 0.717) is 37.7 Å². The predicted molar refractivity (Wildman–Crippen MR) is 113 cm³/mol. The maximum atomic E-state index is 12.5. The van der Waals surface area contributed by atoms with E-state index in [2.05, 4.69) is 23.7 Å². The monoisotopic (exact) mass is 406 g/mol. The second-order valence-corrected chi connectivity index (χ2v) is 8.37. The molecule has 0 aromatic heterocycles. The Morgan fingerprint density at radius 3 is 2.43 bits per heavy atom. The summed E-state index contributed by atoms with van der Waals surface area (Å²) in [7, 11) is -0.227. The van der Waals surface area contributed by atoms with Crippen LogP contribution in [0.25, 0.3) is 0 Å². The van der Waals surface area contributed by atoms with Gasteiger partial charge in [-0.15, -0.1) is 0 Å². The van der Waals surface area contributed by atoms with Gasteiger partial charge in [0.1, 0.15) is 0 Å². The van der Waals surface area contributed by atoms with E-state index >= 15 is 0 Å². The number of piperazine rings is 1. The second-order valence-electron chi connectivity index (χ2n) is 6.55. The summed E-state index contributed by atoms with van der Waals surface area (Å²) in [5.74, 6) is 7.16. The zero-order valence-electron chi connectivity index (χ0n) is 17.0. The van der Waals surface area contributed by atoms with E-state index in [0.717, 1.165) is 31.4 Å². The summed E-state index contributed by atoms with van der Waals surface area (Å²) in [5, 5.41) is 1.21. The smallest absolute Gasteiger partial charge is 0.236 e. The standard InChI is InChI=1S/C21H30N2O4S/c1-4-5-6-7-8-9-10-17-28(24,25)23-15-13-22(14-16-23)19-11-12-20(26-2)21(18-19)27-3/h10-12,17-18H,4-7,13-16H2,1-3H3. The van der Waals surface area contributed by atoms with Gasteiger partial charge in [0, 0.05) is 50.4 Å². The van der Waals surface area contributed by atoms with Gasteiger partial charge in [0.05, 0.1) is 19.6 Å². The van der Waals surface area contributed by atoms with Crippen molar-refractivity contribution < 1.29 is 17.9 Å². The highest BCUT2D eigenvalue weighted by Gasteiger charge is 2.25. The molecule has 0 spiro atoms. The summed E-state index contributed by atoms with van der Waals surface area (Å²) in [5.41, 5.74) is 0.989. The van der Waals surface area contributed by atoms with Crippen LogP contribution in [0.5, 0.6) is 11.5 Å². The topological polar surface area (TPSA) is 59.1 Å². The molecule has 0 unspecified atom stereocenters. The van der Waals surface area contributed by atoms with Gasteiger partial charge < -0.3 is 14.4 Å². The number of ether oxygens (including phenoxy) is 2. The summed E-state index contributed by atoms with van der Waals surface area (Å²) < 4.78 is 37.0. The molecule has 2 rings (SSSR count). The van der Waals surface area contributed by atoms with E-state index in [1.807, 2.05) is 18.2 Å². The van der Waals surface area contributed by atoms with Crippen LogP contribution in [0.2, 0.25) is 0 Å². The molecule has 1 heterocycles. The third-order valence-electron chi connectivity index (χ3n) is 4.66. The Morgan fingerprint density at radius 2 is 1.79 bits per heavy atom. The molecule has 1 fully saturated rings. The molecule has 1 aromatic carbocycles. The van der Waals surface area contributed by atoms with Crippen molar-refractivity contribution in [2.75, 3.05) is 45.3 Å². The molecule has 1 aliphatic heterocycles. The number of hydrogen-bond acceptors (Lipinski definition) is 5. The third-order valence-corrected chi connectivity index (χ3v) is 6.23. The Morgan fingerprint density at radius 1 is 1.07 bits per heavy atom. The van der Waals surface area contributed by atoms with Gasteiger partial charge in [0.15, 0.2) is 11.5 Å². The SMILES string of the molecule is CCCCCC#CC=CS(=O)(=O)N1CCN(c2ccc(OC)c(OC)c2)CC1.